The first kappa shape index (κ1) is 23.2. The predicted molar refractivity (Wildman–Crippen MR) is 130 cm³/mol. The van der Waals surface area contributed by atoms with E-state index in [1.165, 1.54) is 6.07 Å². The van der Waals surface area contributed by atoms with Crippen LogP contribution in [0, 0.1) is 5.41 Å². The van der Waals surface area contributed by atoms with Gasteiger partial charge < -0.3 is 14.6 Å². The molecule has 0 unspecified atom stereocenters. The van der Waals surface area contributed by atoms with Crippen LogP contribution in [0.1, 0.15) is 20.8 Å². The molecule has 0 aliphatic heterocycles. The van der Waals surface area contributed by atoms with Crippen LogP contribution in [-0.2, 0) is 4.79 Å². The van der Waals surface area contributed by atoms with Crippen LogP contribution in [0.3, 0.4) is 0 Å². The van der Waals surface area contributed by atoms with Crippen molar-refractivity contribution in [3.05, 3.63) is 58.8 Å². The van der Waals surface area contributed by atoms with E-state index in [1.807, 2.05) is 45.0 Å². The standard InChI is InChI=1S/C24H26Cl2N2O3/c1-24(2,3)23(30)27-18-5-4-6-20-22(18)19(29)15-21(31-20)16-7-9-17(10-8-16)28(13-11-25)14-12-26/h4-10,15H,11-14H2,1-3H3,(H,27,30). The van der Waals surface area contributed by atoms with Crippen molar-refractivity contribution >= 4 is 51.5 Å². The average molecular weight is 461 g/mol. The number of rotatable bonds is 7. The van der Waals surface area contributed by atoms with Crippen LogP contribution in [0.2, 0.25) is 0 Å². The summed E-state index contributed by atoms with van der Waals surface area (Å²) in [5.41, 5.74) is 1.86. The monoisotopic (exact) mass is 460 g/mol. The maximum Gasteiger partial charge on any atom is 0.229 e. The molecule has 5 nitrogen and oxygen atoms in total. The summed E-state index contributed by atoms with van der Waals surface area (Å²) in [7, 11) is 0. The number of halogens is 2. The van der Waals surface area contributed by atoms with Crippen molar-refractivity contribution < 1.29 is 9.21 Å². The second-order valence-electron chi connectivity index (χ2n) is 8.27. The molecule has 0 aliphatic carbocycles. The maximum absolute atomic E-state index is 12.9. The third kappa shape index (κ3) is 5.41. The van der Waals surface area contributed by atoms with Crippen LogP contribution in [0.5, 0.6) is 0 Å². The highest BCUT2D eigenvalue weighted by molar-refractivity contribution is 6.18. The lowest BCUT2D eigenvalue weighted by molar-refractivity contribution is -0.123. The molecule has 1 N–H and O–H groups in total. The number of hydrogen-bond acceptors (Lipinski definition) is 4. The van der Waals surface area contributed by atoms with Crippen LogP contribution < -0.4 is 15.6 Å². The Balaban J connectivity index is 1.96. The summed E-state index contributed by atoms with van der Waals surface area (Å²) >= 11 is 11.8. The van der Waals surface area contributed by atoms with Crippen molar-refractivity contribution in [1.82, 2.24) is 0 Å². The summed E-state index contributed by atoms with van der Waals surface area (Å²) < 4.78 is 6.02. The summed E-state index contributed by atoms with van der Waals surface area (Å²) in [5, 5.41) is 3.20. The summed E-state index contributed by atoms with van der Waals surface area (Å²) in [6.45, 7) is 6.85. The fraction of sp³-hybridized carbons (Fsp3) is 0.333. The van der Waals surface area contributed by atoms with Crippen molar-refractivity contribution in [2.24, 2.45) is 5.41 Å². The lowest BCUT2D eigenvalue weighted by atomic mass is 9.95. The molecule has 1 amide bonds. The number of anilines is 2. The average Bonchev–Trinajstić information content (AvgIpc) is 2.73. The Kier molecular flexibility index (Phi) is 7.29. The molecule has 1 aromatic heterocycles. The van der Waals surface area contributed by atoms with Crippen LogP contribution in [0.4, 0.5) is 11.4 Å². The van der Waals surface area contributed by atoms with E-state index >= 15 is 0 Å². The minimum absolute atomic E-state index is 0.169. The molecule has 3 rings (SSSR count). The molecule has 3 aromatic rings. The molecule has 2 aromatic carbocycles. The minimum Gasteiger partial charge on any atom is -0.456 e. The Morgan fingerprint density at radius 1 is 1.03 bits per heavy atom. The van der Waals surface area contributed by atoms with Crippen molar-refractivity contribution in [3.63, 3.8) is 0 Å². The largest absolute Gasteiger partial charge is 0.456 e. The van der Waals surface area contributed by atoms with Gasteiger partial charge in [0.2, 0.25) is 5.91 Å². The van der Waals surface area contributed by atoms with E-state index in [9.17, 15) is 9.59 Å². The number of alkyl halides is 2. The molecule has 0 fully saturated rings. The molecule has 31 heavy (non-hydrogen) atoms. The Bertz CT molecular complexity index is 1110. The zero-order valence-electron chi connectivity index (χ0n) is 17.9. The highest BCUT2D eigenvalue weighted by Gasteiger charge is 2.22. The van der Waals surface area contributed by atoms with Gasteiger partial charge >= 0.3 is 0 Å². The Morgan fingerprint density at radius 3 is 2.26 bits per heavy atom. The van der Waals surface area contributed by atoms with Crippen molar-refractivity contribution in [3.8, 4) is 11.3 Å². The van der Waals surface area contributed by atoms with Crippen LogP contribution in [-0.4, -0.2) is 30.8 Å². The number of carbonyl (C=O) groups excluding carboxylic acids is 1. The van der Waals surface area contributed by atoms with E-state index < -0.39 is 5.41 Å². The molecule has 0 saturated heterocycles. The van der Waals surface area contributed by atoms with E-state index in [1.54, 1.807) is 18.2 Å². The first-order valence-corrected chi connectivity index (χ1v) is 11.2. The number of amides is 1. The van der Waals surface area contributed by atoms with Gasteiger partial charge in [-0.15, -0.1) is 23.2 Å². The Hall–Kier alpha value is -2.50. The number of carbonyl (C=O) groups is 1. The third-order valence-corrected chi connectivity index (χ3v) is 5.25. The van der Waals surface area contributed by atoms with Gasteiger partial charge in [0.1, 0.15) is 11.3 Å². The van der Waals surface area contributed by atoms with Crippen LogP contribution in [0.25, 0.3) is 22.3 Å². The van der Waals surface area contributed by atoms with E-state index in [-0.39, 0.29) is 11.3 Å². The van der Waals surface area contributed by atoms with E-state index in [0.29, 0.717) is 47.3 Å². The molecule has 0 atom stereocenters. The first-order valence-electron chi connectivity index (χ1n) is 10.1. The topological polar surface area (TPSA) is 62.6 Å². The second kappa shape index (κ2) is 9.75. The molecule has 1 heterocycles. The second-order valence-corrected chi connectivity index (χ2v) is 9.03. The SMILES string of the molecule is CC(C)(C)C(=O)Nc1cccc2oc(-c3ccc(N(CCCl)CCCl)cc3)cc(=O)c12. The van der Waals surface area contributed by atoms with E-state index in [0.717, 1.165) is 11.3 Å². The number of nitrogens with zero attached hydrogens (tertiary/aromatic N) is 1. The van der Waals surface area contributed by atoms with Crippen molar-refractivity contribution in [2.75, 3.05) is 35.1 Å². The summed E-state index contributed by atoms with van der Waals surface area (Å²) in [4.78, 5) is 27.4. The van der Waals surface area contributed by atoms with Gasteiger partial charge in [-0.1, -0.05) is 26.8 Å². The van der Waals surface area contributed by atoms with Gasteiger partial charge in [0.15, 0.2) is 5.43 Å². The fourth-order valence-corrected chi connectivity index (χ4v) is 3.58. The van der Waals surface area contributed by atoms with Gasteiger partial charge in [-0.05, 0) is 36.4 Å². The zero-order chi connectivity index (χ0) is 22.6. The highest BCUT2D eigenvalue weighted by atomic mass is 35.5. The van der Waals surface area contributed by atoms with Gasteiger partial charge in [0, 0.05) is 47.6 Å². The number of hydrogen-bond donors (Lipinski definition) is 1. The zero-order valence-corrected chi connectivity index (χ0v) is 19.4. The summed E-state index contributed by atoms with van der Waals surface area (Å²) in [5.74, 6) is 1.31. The maximum atomic E-state index is 12.9. The molecule has 164 valence electrons. The molecule has 7 heteroatoms. The van der Waals surface area contributed by atoms with Crippen LogP contribution in [0.15, 0.2) is 57.7 Å². The molecule has 0 saturated carbocycles. The molecular formula is C24H26Cl2N2O3. The van der Waals surface area contributed by atoms with Gasteiger partial charge in [-0.25, -0.2) is 0 Å². The Labute approximate surface area is 191 Å². The lowest BCUT2D eigenvalue weighted by Gasteiger charge is -2.23. The van der Waals surface area contributed by atoms with Gasteiger partial charge in [0.05, 0.1) is 11.1 Å². The predicted octanol–water partition coefficient (Wildman–Crippen LogP) is 5.73. The molecule has 0 radical (unpaired) electrons. The normalized spacial score (nSPS) is 11.5. The fourth-order valence-electron chi connectivity index (χ4n) is 3.18. The summed E-state index contributed by atoms with van der Waals surface area (Å²) in [6.07, 6.45) is 0. The third-order valence-electron chi connectivity index (χ3n) is 4.91. The summed E-state index contributed by atoms with van der Waals surface area (Å²) in [6, 6.07) is 14.4. The van der Waals surface area contributed by atoms with Gasteiger partial charge in [0.25, 0.3) is 0 Å². The van der Waals surface area contributed by atoms with Crippen LogP contribution >= 0.6 is 23.2 Å². The highest BCUT2D eigenvalue weighted by Crippen LogP contribution is 2.28. The van der Waals surface area contributed by atoms with Gasteiger partial charge in [-0.2, -0.15) is 0 Å². The van der Waals surface area contributed by atoms with Gasteiger partial charge in [-0.3, -0.25) is 9.59 Å². The number of benzene rings is 2. The lowest BCUT2D eigenvalue weighted by Crippen LogP contribution is -2.28. The van der Waals surface area contributed by atoms with E-state index in [4.69, 9.17) is 27.6 Å². The molecule has 0 aliphatic rings. The first-order chi connectivity index (χ1) is 14.7. The molecule has 0 spiro atoms. The molecule has 0 bridgehead atoms. The van der Waals surface area contributed by atoms with Crippen molar-refractivity contribution in [1.29, 1.82) is 0 Å². The van der Waals surface area contributed by atoms with Crippen molar-refractivity contribution in [2.45, 2.75) is 20.8 Å². The van der Waals surface area contributed by atoms with E-state index in [2.05, 4.69) is 10.2 Å². The minimum atomic E-state index is -0.579. The molecular weight excluding hydrogens is 435 g/mol. The smallest absolute Gasteiger partial charge is 0.229 e. The number of nitrogens with one attached hydrogen (secondary N) is 1. The Morgan fingerprint density at radius 2 is 1.68 bits per heavy atom. The number of fused-ring (bicyclic) bond motifs is 1. The quantitative estimate of drug-likeness (QED) is 0.457.